The van der Waals surface area contributed by atoms with E-state index < -0.39 is 5.97 Å². The van der Waals surface area contributed by atoms with E-state index in [9.17, 15) is 4.79 Å². The number of aromatic amines is 1. The Morgan fingerprint density at radius 3 is 2.42 bits per heavy atom. The van der Waals surface area contributed by atoms with Crippen LogP contribution in [0, 0.1) is 0 Å². The third-order valence-electron chi connectivity index (χ3n) is 0.870. The van der Waals surface area contributed by atoms with Crippen molar-refractivity contribution >= 4 is 18.4 Å². The summed E-state index contributed by atoms with van der Waals surface area (Å²) in [5.41, 5.74) is 0. The minimum Gasteiger partial charge on any atom is -0.481 e. The fourth-order valence-corrected chi connectivity index (χ4v) is 0.429. The molecule has 1 heterocycles. The van der Waals surface area contributed by atoms with Gasteiger partial charge in [-0.3, -0.25) is 4.79 Å². The number of rotatable bonds is 2. The summed E-state index contributed by atoms with van der Waals surface area (Å²) in [5, 5.41) is 7.91. The van der Waals surface area contributed by atoms with Gasteiger partial charge in [0.1, 0.15) is 0 Å². The van der Waals surface area contributed by atoms with E-state index in [1.165, 1.54) is 0 Å². The molecule has 0 atom stereocenters. The Labute approximate surface area is 77.4 Å². The largest absolute Gasteiger partial charge is 0.481 e. The smallest absolute Gasteiger partial charge is 0.303 e. The number of hydrogen-bond acceptors (Lipinski definition) is 2. The van der Waals surface area contributed by atoms with Gasteiger partial charge in [0.05, 0.1) is 6.33 Å². The molecule has 0 aliphatic rings. The maximum Gasteiger partial charge on any atom is 0.303 e. The van der Waals surface area contributed by atoms with Gasteiger partial charge in [0.2, 0.25) is 0 Å². The van der Waals surface area contributed by atoms with Crippen molar-refractivity contribution in [2.75, 3.05) is 0 Å². The highest BCUT2D eigenvalue weighted by atomic mass is 35.5. The third kappa shape index (κ3) is 11.7. The van der Waals surface area contributed by atoms with Gasteiger partial charge >= 0.3 is 5.97 Å². The van der Waals surface area contributed by atoms with Crippen LogP contribution in [0.4, 0.5) is 0 Å². The van der Waals surface area contributed by atoms with E-state index in [2.05, 4.69) is 9.97 Å². The van der Waals surface area contributed by atoms with E-state index >= 15 is 0 Å². The number of halogens is 1. The maximum atomic E-state index is 9.60. The minimum absolute atomic E-state index is 0. The van der Waals surface area contributed by atoms with E-state index in [1.54, 1.807) is 18.7 Å². The lowest BCUT2D eigenvalue weighted by molar-refractivity contribution is -0.137. The predicted molar refractivity (Wildman–Crippen MR) is 48.4 cm³/mol. The molecule has 0 radical (unpaired) electrons. The Kier molecular flexibility index (Phi) is 11.3. The molecular formula is C7H13ClN2O2. The number of imidazole rings is 1. The molecule has 4 nitrogen and oxygen atoms in total. The second-order valence-corrected chi connectivity index (χ2v) is 1.90. The Balaban J connectivity index is 0. The summed E-state index contributed by atoms with van der Waals surface area (Å²) in [6, 6.07) is 0. The zero-order valence-electron chi connectivity index (χ0n) is 6.86. The average Bonchev–Trinajstić information content (AvgIpc) is 2.41. The predicted octanol–water partition coefficient (Wildman–Crippen LogP) is 1.70. The summed E-state index contributed by atoms with van der Waals surface area (Å²) in [5.74, 6) is -0.711. The molecule has 0 spiro atoms. The number of carboxylic acid groups (broad SMARTS) is 1. The number of carbonyl (C=O) groups is 1. The van der Waals surface area contributed by atoms with Gasteiger partial charge in [-0.2, -0.15) is 0 Å². The van der Waals surface area contributed by atoms with Crippen LogP contribution in [0.2, 0.25) is 0 Å². The Morgan fingerprint density at radius 1 is 1.67 bits per heavy atom. The maximum absolute atomic E-state index is 9.60. The molecule has 0 saturated heterocycles. The van der Waals surface area contributed by atoms with Crippen molar-refractivity contribution in [1.82, 2.24) is 9.97 Å². The molecule has 0 aromatic carbocycles. The monoisotopic (exact) mass is 192 g/mol. The summed E-state index contributed by atoms with van der Waals surface area (Å²) in [6.45, 7) is 1.84. The van der Waals surface area contributed by atoms with Gasteiger partial charge in [-0.15, -0.1) is 12.4 Å². The van der Waals surface area contributed by atoms with Crippen molar-refractivity contribution in [1.29, 1.82) is 0 Å². The van der Waals surface area contributed by atoms with Gasteiger partial charge in [-0.1, -0.05) is 6.92 Å². The SMILES string of the molecule is CCCC(=O)O.Cl.c1c[nH]cn1. The van der Waals surface area contributed by atoms with Crippen LogP contribution in [-0.2, 0) is 4.79 Å². The van der Waals surface area contributed by atoms with Gasteiger partial charge in [-0.25, -0.2) is 4.98 Å². The summed E-state index contributed by atoms with van der Waals surface area (Å²) >= 11 is 0. The number of aliphatic carboxylic acids is 1. The van der Waals surface area contributed by atoms with Gasteiger partial charge in [0.15, 0.2) is 0 Å². The first-order valence-corrected chi connectivity index (χ1v) is 3.42. The second-order valence-electron chi connectivity index (χ2n) is 1.90. The Bertz CT molecular complexity index is 160. The molecule has 2 N–H and O–H groups in total. The molecular weight excluding hydrogens is 180 g/mol. The third-order valence-corrected chi connectivity index (χ3v) is 0.870. The molecule has 12 heavy (non-hydrogen) atoms. The number of hydrogen-bond donors (Lipinski definition) is 2. The molecule has 1 aromatic rings. The topological polar surface area (TPSA) is 66.0 Å². The first-order valence-electron chi connectivity index (χ1n) is 3.42. The Morgan fingerprint density at radius 2 is 2.33 bits per heavy atom. The van der Waals surface area contributed by atoms with Crippen LogP contribution in [0.25, 0.3) is 0 Å². The molecule has 0 saturated carbocycles. The molecule has 5 heteroatoms. The number of H-pyrrole nitrogens is 1. The number of nitrogens with one attached hydrogen (secondary N) is 1. The Hall–Kier alpha value is -1.03. The quantitative estimate of drug-likeness (QED) is 0.750. The summed E-state index contributed by atoms with van der Waals surface area (Å²) in [7, 11) is 0. The fourth-order valence-electron chi connectivity index (χ4n) is 0.429. The fraction of sp³-hybridized carbons (Fsp3) is 0.429. The van der Waals surface area contributed by atoms with E-state index in [1.807, 2.05) is 6.92 Å². The first-order chi connectivity index (χ1) is 5.27. The lowest BCUT2D eigenvalue weighted by Crippen LogP contribution is -1.90. The van der Waals surface area contributed by atoms with Crippen molar-refractivity contribution in [2.24, 2.45) is 0 Å². The van der Waals surface area contributed by atoms with Crippen molar-refractivity contribution in [2.45, 2.75) is 19.8 Å². The second kappa shape index (κ2) is 9.97. The summed E-state index contributed by atoms with van der Waals surface area (Å²) in [6.07, 6.45) is 6.11. The minimum atomic E-state index is -0.711. The summed E-state index contributed by atoms with van der Waals surface area (Å²) < 4.78 is 0. The van der Waals surface area contributed by atoms with E-state index in [0.717, 1.165) is 6.42 Å². The molecule has 1 rings (SSSR count). The van der Waals surface area contributed by atoms with Crippen LogP contribution in [0.5, 0.6) is 0 Å². The van der Waals surface area contributed by atoms with Gasteiger partial charge in [0.25, 0.3) is 0 Å². The molecule has 0 unspecified atom stereocenters. The highest BCUT2D eigenvalue weighted by molar-refractivity contribution is 5.85. The van der Waals surface area contributed by atoms with Crippen LogP contribution in [0.1, 0.15) is 19.8 Å². The normalized spacial score (nSPS) is 7.42. The van der Waals surface area contributed by atoms with Crippen molar-refractivity contribution in [3.05, 3.63) is 18.7 Å². The zero-order valence-corrected chi connectivity index (χ0v) is 7.67. The van der Waals surface area contributed by atoms with Crippen LogP contribution in [0.3, 0.4) is 0 Å². The lowest BCUT2D eigenvalue weighted by atomic mass is 10.4. The number of carboxylic acids is 1. The standard InChI is InChI=1S/C4H8O2.C3H4N2.ClH/c1-2-3-4(5)6;1-2-5-3-4-1;/h2-3H2,1H3,(H,5,6);1-3H,(H,4,5);1H. The van der Waals surface area contributed by atoms with Crippen LogP contribution in [-0.4, -0.2) is 21.0 Å². The van der Waals surface area contributed by atoms with E-state index in [0.29, 0.717) is 6.42 Å². The molecule has 70 valence electrons. The molecule has 1 aromatic heterocycles. The van der Waals surface area contributed by atoms with E-state index in [-0.39, 0.29) is 12.4 Å². The molecule has 0 aliphatic heterocycles. The summed E-state index contributed by atoms with van der Waals surface area (Å²) in [4.78, 5) is 16.0. The van der Waals surface area contributed by atoms with E-state index in [4.69, 9.17) is 5.11 Å². The molecule has 0 fully saturated rings. The highest BCUT2D eigenvalue weighted by Gasteiger charge is 1.87. The van der Waals surface area contributed by atoms with Crippen molar-refractivity contribution in [3.8, 4) is 0 Å². The van der Waals surface area contributed by atoms with Crippen LogP contribution < -0.4 is 0 Å². The number of aromatic nitrogens is 2. The number of nitrogens with zero attached hydrogens (tertiary/aromatic N) is 1. The van der Waals surface area contributed by atoms with Gasteiger partial charge in [0, 0.05) is 18.8 Å². The van der Waals surface area contributed by atoms with Gasteiger partial charge in [-0.05, 0) is 6.42 Å². The highest BCUT2D eigenvalue weighted by Crippen LogP contribution is 1.82. The van der Waals surface area contributed by atoms with Crippen LogP contribution >= 0.6 is 12.4 Å². The lowest BCUT2D eigenvalue weighted by Gasteiger charge is -1.79. The van der Waals surface area contributed by atoms with Gasteiger partial charge < -0.3 is 10.1 Å². The van der Waals surface area contributed by atoms with Crippen molar-refractivity contribution in [3.63, 3.8) is 0 Å². The average molecular weight is 193 g/mol. The van der Waals surface area contributed by atoms with Crippen LogP contribution in [0.15, 0.2) is 18.7 Å². The van der Waals surface area contributed by atoms with Crippen molar-refractivity contribution < 1.29 is 9.90 Å². The molecule has 0 bridgehead atoms. The zero-order chi connectivity index (χ0) is 8.53. The molecule has 0 aliphatic carbocycles. The first kappa shape index (κ1) is 13.6. The molecule has 0 amide bonds.